The van der Waals surface area contributed by atoms with E-state index in [1.165, 1.54) is 25.7 Å². The third kappa shape index (κ3) is 2.98. The summed E-state index contributed by atoms with van der Waals surface area (Å²) in [7, 11) is 0. The van der Waals surface area contributed by atoms with Crippen molar-refractivity contribution in [3.05, 3.63) is 29.6 Å². The molecule has 20 heavy (non-hydrogen) atoms. The topological polar surface area (TPSA) is 59.2 Å². The predicted octanol–water partition coefficient (Wildman–Crippen LogP) is 3.93. The zero-order chi connectivity index (χ0) is 13.9. The fourth-order valence-corrected chi connectivity index (χ4v) is 3.66. The van der Waals surface area contributed by atoms with Crippen molar-refractivity contribution in [3.63, 3.8) is 0 Å². The quantitative estimate of drug-likeness (QED) is 0.924. The van der Waals surface area contributed by atoms with Crippen LogP contribution in [0.25, 0.3) is 11.5 Å². The molecule has 1 N–H and O–H groups in total. The SMILES string of the molecule is Cc1ccc(O)c(-c2nc(CSC3CCCC3)no2)c1. The monoisotopic (exact) mass is 290 g/mol. The highest BCUT2D eigenvalue weighted by molar-refractivity contribution is 7.99. The Bertz CT molecular complexity index is 591. The fraction of sp³-hybridized carbons (Fsp3) is 0.467. The number of rotatable bonds is 4. The number of phenolic OH excluding ortho intramolecular Hbond substituents is 1. The van der Waals surface area contributed by atoms with Gasteiger partial charge >= 0.3 is 0 Å². The van der Waals surface area contributed by atoms with E-state index in [0.29, 0.717) is 17.3 Å². The second kappa shape index (κ2) is 5.87. The van der Waals surface area contributed by atoms with E-state index in [2.05, 4.69) is 10.1 Å². The van der Waals surface area contributed by atoms with E-state index in [0.717, 1.165) is 16.6 Å². The summed E-state index contributed by atoms with van der Waals surface area (Å²) in [5, 5.41) is 14.6. The Morgan fingerprint density at radius 1 is 1.35 bits per heavy atom. The molecule has 1 heterocycles. The lowest BCUT2D eigenvalue weighted by molar-refractivity contribution is 0.419. The molecule has 4 nitrogen and oxygen atoms in total. The molecule has 2 aromatic rings. The van der Waals surface area contributed by atoms with Gasteiger partial charge in [-0.2, -0.15) is 16.7 Å². The second-order valence-electron chi connectivity index (χ2n) is 5.25. The Morgan fingerprint density at radius 2 is 2.15 bits per heavy atom. The number of benzene rings is 1. The summed E-state index contributed by atoms with van der Waals surface area (Å²) in [5.74, 6) is 2.06. The van der Waals surface area contributed by atoms with Crippen LogP contribution in [0.15, 0.2) is 22.7 Å². The van der Waals surface area contributed by atoms with Gasteiger partial charge in [0.1, 0.15) is 5.75 Å². The summed E-state index contributed by atoms with van der Waals surface area (Å²) < 4.78 is 5.27. The molecule has 0 atom stereocenters. The van der Waals surface area contributed by atoms with Crippen LogP contribution in [0.4, 0.5) is 0 Å². The smallest absolute Gasteiger partial charge is 0.261 e. The van der Waals surface area contributed by atoms with E-state index in [1.54, 1.807) is 6.07 Å². The maximum atomic E-state index is 9.87. The zero-order valence-corrected chi connectivity index (χ0v) is 12.3. The van der Waals surface area contributed by atoms with Gasteiger partial charge in [0, 0.05) is 5.25 Å². The van der Waals surface area contributed by atoms with Gasteiger partial charge in [-0.1, -0.05) is 29.6 Å². The molecule has 5 heteroatoms. The van der Waals surface area contributed by atoms with E-state index in [4.69, 9.17) is 4.52 Å². The Morgan fingerprint density at radius 3 is 2.95 bits per heavy atom. The normalized spacial score (nSPS) is 15.8. The maximum absolute atomic E-state index is 9.87. The number of hydrogen-bond donors (Lipinski definition) is 1. The van der Waals surface area contributed by atoms with Crippen molar-refractivity contribution >= 4 is 11.8 Å². The molecule has 1 saturated carbocycles. The average molecular weight is 290 g/mol. The summed E-state index contributed by atoms with van der Waals surface area (Å²) in [6, 6.07) is 5.37. The number of aryl methyl sites for hydroxylation is 1. The first-order valence-corrected chi connectivity index (χ1v) is 8.01. The van der Waals surface area contributed by atoms with Gasteiger partial charge in [-0.05, 0) is 31.9 Å². The first-order chi connectivity index (χ1) is 9.72. The van der Waals surface area contributed by atoms with Crippen LogP contribution >= 0.6 is 11.8 Å². The average Bonchev–Trinajstić information content (AvgIpc) is 3.10. The van der Waals surface area contributed by atoms with Gasteiger partial charge < -0.3 is 9.63 Å². The maximum Gasteiger partial charge on any atom is 0.261 e. The van der Waals surface area contributed by atoms with Crippen LogP contribution < -0.4 is 0 Å². The number of phenols is 1. The number of hydrogen-bond acceptors (Lipinski definition) is 5. The Balaban J connectivity index is 1.71. The van der Waals surface area contributed by atoms with Gasteiger partial charge in [0.2, 0.25) is 0 Å². The summed E-state index contributed by atoms with van der Waals surface area (Å²) in [6.45, 7) is 1.97. The minimum atomic E-state index is 0.175. The molecule has 1 aromatic heterocycles. The van der Waals surface area contributed by atoms with Crippen molar-refractivity contribution in [3.8, 4) is 17.2 Å². The largest absolute Gasteiger partial charge is 0.507 e. The highest BCUT2D eigenvalue weighted by Gasteiger charge is 2.18. The molecular formula is C15H18N2O2S. The molecule has 1 aromatic carbocycles. The van der Waals surface area contributed by atoms with E-state index < -0.39 is 0 Å². The van der Waals surface area contributed by atoms with Crippen LogP contribution in [0.3, 0.4) is 0 Å². The van der Waals surface area contributed by atoms with Gasteiger partial charge in [0.05, 0.1) is 11.3 Å². The van der Waals surface area contributed by atoms with Crippen molar-refractivity contribution in [1.29, 1.82) is 0 Å². The minimum absolute atomic E-state index is 0.175. The van der Waals surface area contributed by atoms with Crippen molar-refractivity contribution in [2.45, 2.75) is 43.6 Å². The van der Waals surface area contributed by atoms with Crippen LogP contribution in [0.5, 0.6) is 5.75 Å². The number of nitrogens with zero attached hydrogens (tertiary/aromatic N) is 2. The molecule has 0 spiro atoms. The Labute approximate surface area is 122 Å². The molecule has 0 aliphatic heterocycles. The highest BCUT2D eigenvalue weighted by atomic mass is 32.2. The number of thioether (sulfide) groups is 1. The molecule has 0 saturated heterocycles. The predicted molar refractivity (Wildman–Crippen MR) is 79.7 cm³/mol. The number of aromatic nitrogens is 2. The molecule has 0 unspecified atom stereocenters. The van der Waals surface area contributed by atoms with Crippen LogP contribution in [0.2, 0.25) is 0 Å². The molecule has 1 aliphatic carbocycles. The molecule has 0 bridgehead atoms. The standard InChI is InChI=1S/C15H18N2O2S/c1-10-6-7-13(18)12(8-10)15-16-14(17-19-15)9-20-11-4-2-3-5-11/h6-8,11,18H,2-5,9H2,1H3. The van der Waals surface area contributed by atoms with Gasteiger partial charge in [0.15, 0.2) is 5.82 Å². The van der Waals surface area contributed by atoms with Gasteiger partial charge in [0.25, 0.3) is 5.89 Å². The first kappa shape index (κ1) is 13.5. The summed E-state index contributed by atoms with van der Waals surface area (Å²) in [4.78, 5) is 4.38. The van der Waals surface area contributed by atoms with Gasteiger partial charge in [-0.3, -0.25) is 0 Å². The van der Waals surface area contributed by atoms with Crippen LogP contribution in [-0.2, 0) is 5.75 Å². The lowest BCUT2D eigenvalue weighted by atomic mass is 10.1. The van der Waals surface area contributed by atoms with E-state index in [1.807, 2.05) is 30.8 Å². The molecule has 0 amide bonds. The van der Waals surface area contributed by atoms with Crippen LogP contribution in [0, 0.1) is 6.92 Å². The second-order valence-corrected chi connectivity index (χ2v) is 6.54. The van der Waals surface area contributed by atoms with E-state index >= 15 is 0 Å². The third-order valence-electron chi connectivity index (χ3n) is 3.60. The zero-order valence-electron chi connectivity index (χ0n) is 11.5. The van der Waals surface area contributed by atoms with Crippen molar-refractivity contribution in [1.82, 2.24) is 10.1 Å². The summed E-state index contributed by atoms with van der Waals surface area (Å²) >= 11 is 1.91. The summed E-state index contributed by atoms with van der Waals surface area (Å²) in [5.41, 5.74) is 1.66. The Kier molecular flexibility index (Phi) is 3.96. The Hall–Kier alpha value is -1.49. The molecule has 3 rings (SSSR count). The molecule has 106 valence electrons. The van der Waals surface area contributed by atoms with E-state index in [-0.39, 0.29) is 5.75 Å². The van der Waals surface area contributed by atoms with Gasteiger partial charge in [-0.15, -0.1) is 0 Å². The number of aromatic hydroxyl groups is 1. The molecule has 1 fully saturated rings. The van der Waals surface area contributed by atoms with Crippen molar-refractivity contribution in [2.24, 2.45) is 0 Å². The summed E-state index contributed by atoms with van der Waals surface area (Å²) in [6.07, 6.45) is 5.28. The van der Waals surface area contributed by atoms with Crippen molar-refractivity contribution < 1.29 is 9.63 Å². The lowest BCUT2D eigenvalue weighted by Gasteiger charge is -2.04. The van der Waals surface area contributed by atoms with Crippen LogP contribution in [-0.4, -0.2) is 20.5 Å². The van der Waals surface area contributed by atoms with E-state index in [9.17, 15) is 5.11 Å². The lowest BCUT2D eigenvalue weighted by Crippen LogP contribution is -1.95. The van der Waals surface area contributed by atoms with Crippen LogP contribution in [0.1, 0.15) is 37.1 Å². The highest BCUT2D eigenvalue weighted by Crippen LogP contribution is 2.32. The van der Waals surface area contributed by atoms with Crippen molar-refractivity contribution in [2.75, 3.05) is 0 Å². The molecular weight excluding hydrogens is 272 g/mol. The minimum Gasteiger partial charge on any atom is -0.507 e. The molecule has 0 radical (unpaired) electrons. The van der Waals surface area contributed by atoms with Gasteiger partial charge in [-0.25, -0.2) is 0 Å². The molecule has 1 aliphatic rings. The third-order valence-corrected chi connectivity index (χ3v) is 4.97. The first-order valence-electron chi connectivity index (χ1n) is 6.96. The fourth-order valence-electron chi connectivity index (χ4n) is 2.49.